The van der Waals surface area contributed by atoms with Gasteiger partial charge in [0.2, 0.25) is 0 Å². The summed E-state index contributed by atoms with van der Waals surface area (Å²) in [4.78, 5) is 23.1. The van der Waals surface area contributed by atoms with Gasteiger partial charge in [-0.3, -0.25) is 18.9 Å². The van der Waals surface area contributed by atoms with Crippen LogP contribution < -0.4 is 10.3 Å². The van der Waals surface area contributed by atoms with Crippen LogP contribution in [-0.4, -0.2) is 26.2 Å². The fourth-order valence-electron chi connectivity index (χ4n) is 3.67. The van der Waals surface area contributed by atoms with Gasteiger partial charge in [-0.2, -0.15) is 0 Å². The van der Waals surface area contributed by atoms with Crippen LogP contribution in [0, 0.1) is 10.9 Å². The molecule has 3 heterocycles. The third-order valence-electron chi connectivity index (χ3n) is 5.34. The monoisotopic (exact) mass is 504 g/mol. The summed E-state index contributed by atoms with van der Waals surface area (Å²) in [6.45, 7) is 1.99. The van der Waals surface area contributed by atoms with Crippen LogP contribution in [0.3, 0.4) is 0 Å². The molecule has 0 bridgehead atoms. The number of hydrogen-bond donors (Lipinski definition) is 0. The second kappa shape index (κ2) is 9.54. The zero-order chi connectivity index (χ0) is 23.7. The molecule has 0 unspecified atom stereocenters. The van der Waals surface area contributed by atoms with Crippen molar-refractivity contribution in [3.05, 3.63) is 98.5 Å². The average molecular weight is 505 g/mol. The highest BCUT2D eigenvalue weighted by atomic mass is 32.2. The van der Waals surface area contributed by atoms with Gasteiger partial charge in [-0.05, 0) is 54.5 Å². The lowest BCUT2D eigenvalue weighted by molar-refractivity contribution is 0.414. The van der Waals surface area contributed by atoms with Gasteiger partial charge in [0, 0.05) is 24.2 Å². The fourth-order valence-corrected chi connectivity index (χ4v) is 5.90. The second-order valence-corrected chi connectivity index (χ2v) is 10.1. The molecule has 0 radical (unpaired) electrons. The van der Waals surface area contributed by atoms with Gasteiger partial charge in [0.1, 0.15) is 10.4 Å². The normalized spacial score (nSPS) is 11.1. The standard InChI is InChI=1S/C25H20N4O2S3/c1-16-7-3-4-11-20(16)29-23(30)21-22(27-24(29)33-15-17-8-6-12-26-14-17)28(25(32)34-21)18-9-5-10-19(13-18)31-2/h3-14H,15H2,1-2H3. The maximum atomic E-state index is 13.9. The molecule has 6 nitrogen and oxygen atoms in total. The van der Waals surface area contributed by atoms with Crippen molar-refractivity contribution in [3.63, 3.8) is 0 Å². The zero-order valence-corrected chi connectivity index (χ0v) is 20.9. The van der Waals surface area contributed by atoms with Crippen molar-refractivity contribution >= 4 is 45.7 Å². The minimum atomic E-state index is -0.134. The van der Waals surface area contributed by atoms with Crippen LogP contribution in [-0.2, 0) is 5.75 Å². The van der Waals surface area contributed by atoms with Crippen molar-refractivity contribution in [1.29, 1.82) is 0 Å². The van der Waals surface area contributed by atoms with E-state index in [1.54, 1.807) is 17.9 Å². The Balaban J connectivity index is 1.75. The van der Waals surface area contributed by atoms with Gasteiger partial charge in [0.15, 0.2) is 14.8 Å². The van der Waals surface area contributed by atoms with Gasteiger partial charge in [-0.15, -0.1) is 0 Å². The molecule has 0 aliphatic rings. The highest BCUT2D eigenvalue weighted by molar-refractivity contribution is 7.98. The number of benzene rings is 2. The van der Waals surface area contributed by atoms with Gasteiger partial charge in [-0.25, -0.2) is 4.98 Å². The van der Waals surface area contributed by atoms with Crippen molar-refractivity contribution in [1.82, 2.24) is 19.1 Å². The van der Waals surface area contributed by atoms with Crippen LogP contribution in [0.4, 0.5) is 0 Å². The maximum Gasteiger partial charge on any atom is 0.278 e. The Morgan fingerprint density at radius 2 is 1.94 bits per heavy atom. The lowest BCUT2D eigenvalue weighted by Gasteiger charge is -2.15. The molecular formula is C25H20N4O2S3. The van der Waals surface area contributed by atoms with Crippen LogP contribution in [0.2, 0.25) is 0 Å². The fraction of sp³-hybridized carbons (Fsp3) is 0.120. The number of thiazole rings is 1. The number of ether oxygens (including phenoxy) is 1. The zero-order valence-electron chi connectivity index (χ0n) is 18.5. The first-order chi connectivity index (χ1) is 16.6. The van der Waals surface area contributed by atoms with Crippen molar-refractivity contribution in [2.45, 2.75) is 17.8 Å². The van der Waals surface area contributed by atoms with E-state index in [-0.39, 0.29) is 5.56 Å². The number of para-hydroxylation sites is 1. The number of hydrogen-bond acceptors (Lipinski definition) is 7. The molecule has 0 saturated heterocycles. The summed E-state index contributed by atoms with van der Waals surface area (Å²) in [5, 5.41) is 0.597. The molecule has 5 rings (SSSR count). The Labute approximate surface area is 209 Å². The Morgan fingerprint density at radius 1 is 1.09 bits per heavy atom. The summed E-state index contributed by atoms with van der Waals surface area (Å²) < 4.78 is 10.00. The van der Waals surface area contributed by atoms with E-state index in [1.807, 2.05) is 78.4 Å². The lowest BCUT2D eigenvalue weighted by atomic mass is 10.2. The molecule has 0 aliphatic carbocycles. The molecular weight excluding hydrogens is 485 g/mol. The van der Waals surface area contributed by atoms with E-state index in [4.69, 9.17) is 21.9 Å². The van der Waals surface area contributed by atoms with Crippen LogP contribution >= 0.6 is 35.3 Å². The number of aromatic nitrogens is 4. The SMILES string of the molecule is COc1cccc(-n2c(=S)sc3c(=O)n(-c4ccccc4C)c(SCc4cccnc4)nc32)c1. The summed E-state index contributed by atoms with van der Waals surface area (Å²) in [5.41, 5.74) is 4.07. The van der Waals surface area contributed by atoms with Crippen LogP contribution in [0.15, 0.2) is 83.0 Å². The van der Waals surface area contributed by atoms with Crippen molar-refractivity contribution in [2.24, 2.45) is 0 Å². The van der Waals surface area contributed by atoms with E-state index in [9.17, 15) is 4.79 Å². The van der Waals surface area contributed by atoms with Gasteiger partial charge >= 0.3 is 0 Å². The quantitative estimate of drug-likeness (QED) is 0.161. The van der Waals surface area contributed by atoms with Gasteiger partial charge in [0.05, 0.1) is 18.5 Å². The molecule has 0 fully saturated rings. The Hall–Kier alpha value is -3.27. The number of aryl methyl sites for hydroxylation is 1. The number of rotatable bonds is 6. The number of nitrogens with zero attached hydrogens (tertiary/aromatic N) is 4. The third kappa shape index (κ3) is 4.18. The Bertz CT molecular complexity index is 1610. The van der Waals surface area contributed by atoms with E-state index in [1.165, 1.54) is 23.1 Å². The molecule has 0 saturated carbocycles. The van der Waals surface area contributed by atoms with Crippen molar-refractivity contribution < 1.29 is 4.74 Å². The molecule has 170 valence electrons. The van der Waals surface area contributed by atoms with E-state index in [0.29, 0.717) is 31.0 Å². The van der Waals surface area contributed by atoms with Crippen LogP contribution in [0.1, 0.15) is 11.1 Å². The predicted octanol–water partition coefficient (Wildman–Crippen LogP) is 5.97. The summed E-state index contributed by atoms with van der Waals surface area (Å²) in [6.07, 6.45) is 3.57. The van der Waals surface area contributed by atoms with Crippen LogP contribution in [0.5, 0.6) is 5.75 Å². The molecule has 9 heteroatoms. The maximum absolute atomic E-state index is 13.9. The Morgan fingerprint density at radius 3 is 2.71 bits per heavy atom. The lowest BCUT2D eigenvalue weighted by Crippen LogP contribution is -2.22. The minimum Gasteiger partial charge on any atom is -0.497 e. The molecule has 3 aromatic heterocycles. The molecule has 34 heavy (non-hydrogen) atoms. The number of thioether (sulfide) groups is 1. The minimum absolute atomic E-state index is 0.134. The molecule has 0 atom stereocenters. The van der Waals surface area contributed by atoms with E-state index >= 15 is 0 Å². The number of fused-ring (bicyclic) bond motifs is 1. The second-order valence-electron chi connectivity index (χ2n) is 7.53. The summed E-state index contributed by atoms with van der Waals surface area (Å²) in [5.74, 6) is 1.33. The molecule has 0 aliphatic heterocycles. The first kappa shape index (κ1) is 22.5. The van der Waals surface area contributed by atoms with Crippen LogP contribution in [0.25, 0.3) is 21.7 Å². The van der Waals surface area contributed by atoms with Gasteiger partial charge in [-0.1, -0.05) is 53.4 Å². The summed E-state index contributed by atoms with van der Waals surface area (Å²) >= 11 is 8.45. The smallest absolute Gasteiger partial charge is 0.278 e. The van der Waals surface area contributed by atoms with Gasteiger partial charge < -0.3 is 4.74 Å². The average Bonchev–Trinajstić information content (AvgIpc) is 3.20. The van der Waals surface area contributed by atoms with E-state index in [0.717, 1.165) is 22.5 Å². The first-order valence-corrected chi connectivity index (χ1v) is 12.7. The largest absolute Gasteiger partial charge is 0.497 e. The third-order valence-corrected chi connectivity index (χ3v) is 7.70. The predicted molar refractivity (Wildman–Crippen MR) is 140 cm³/mol. The number of methoxy groups -OCH3 is 1. The summed E-state index contributed by atoms with van der Waals surface area (Å²) in [7, 11) is 1.62. The first-order valence-electron chi connectivity index (χ1n) is 10.5. The molecule has 0 spiro atoms. The number of pyridine rings is 1. The molecule has 0 N–H and O–H groups in total. The van der Waals surface area contributed by atoms with Crippen molar-refractivity contribution in [3.8, 4) is 17.1 Å². The molecule has 5 aromatic rings. The van der Waals surface area contributed by atoms with E-state index < -0.39 is 0 Å². The van der Waals surface area contributed by atoms with Gasteiger partial charge in [0.25, 0.3) is 5.56 Å². The molecule has 2 aromatic carbocycles. The summed E-state index contributed by atoms with van der Waals surface area (Å²) in [6, 6.07) is 19.3. The van der Waals surface area contributed by atoms with Crippen molar-refractivity contribution in [2.75, 3.05) is 7.11 Å². The molecule has 0 amide bonds. The van der Waals surface area contributed by atoms with E-state index in [2.05, 4.69) is 4.98 Å². The highest BCUT2D eigenvalue weighted by Gasteiger charge is 2.20. The highest BCUT2D eigenvalue weighted by Crippen LogP contribution is 2.30. The Kier molecular flexibility index (Phi) is 6.32. The topological polar surface area (TPSA) is 61.9 Å².